The van der Waals surface area contributed by atoms with Gasteiger partial charge in [-0.2, -0.15) is 4.31 Å². The maximum Gasteiger partial charge on any atom is 0.274 e. The number of benzene rings is 2. The number of sulfonamides is 1. The summed E-state index contributed by atoms with van der Waals surface area (Å²) in [6.45, 7) is 9.14. The number of hydrogen-bond donors (Lipinski definition) is 1. The molecule has 7 heteroatoms. The van der Waals surface area contributed by atoms with E-state index in [0.29, 0.717) is 31.7 Å². The number of fused-ring (bicyclic) bond motifs is 2. The first-order chi connectivity index (χ1) is 14.3. The van der Waals surface area contributed by atoms with E-state index in [2.05, 4.69) is 11.1 Å². The van der Waals surface area contributed by atoms with Crippen molar-refractivity contribution in [2.75, 3.05) is 24.5 Å². The lowest BCUT2D eigenvalue weighted by molar-refractivity contribution is 0.0985. The van der Waals surface area contributed by atoms with Gasteiger partial charge < -0.3 is 9.88 Å². The summed E-state index contributed by atoms with van der Waals surface area (Å²) >= 11 is 0. The van der Waals surface area contributed by atoms with Gasteiger partial charge in [0.1, 0.15) is 5.69 Å². The van der Waals surface area contributed by atoms with Crippen LogP contribution in [-0.2, 0) is 16.4 Å². The molecule has 1 N–H and O–H groups in total. The number of nitrogens with zero attached hydrogens (tertiary/aromatic N) is 2. The van der Waals surface area contributed by atoms with Crippen LogP contribution >= 0.6 is 0 Å². The summed E-state index contributed by atoms with van der Waals surface area (Å²) in [6, 6.07) is 11.1. The van der Waals surface area contributed by atoms with Crippen LogP contribution in [0.1, 0.15) is 41.0 Å². The molecule has 0 spiro atoms. The largest absolute Gasteiger partial charge is 0.350 e. The maximum absolute atomic E-state index is 13.2. The molecule has 1 aromatic heterocycles. The van der Waals surface area contributed by atoms with Gasteiger partial charge in [0.2, 0.25) is 10.0 Å². The third-order valence-electron chi connectivity index (χ3n) is 5.85. The van der Waals surface area contributed by atoms with E-state index in [-0.39, 0.29) is 10.8 Å². The van der Waals surface area contributed by atoms with E-state index >= 15 is 0 Å². The summed E-state index contributed by atoms with van der Waals surface area (Å²) < 4.78 is 27.1. The van der Waals surface area contributed by atoms with Crippen molar-refractivity contribution in [3.63, 3.8) is 0 Å². The van der Waals surface area contributed by atoms with Crippen LogP contribution in [0.5, 0.6) is 0 Å². The van der Waals surface area contributed by atoms with Crippen LogP contribution in [-0.4, -0.2) is 43.2 Å². The van der Waals surface area contributed by atoms with Gasteiger partial charge >= 0.3 is 0 Å². The van der Waals surface area contributed by atoms with Gasteiger partial charge in [-0.15, -0.1) is 0 Å². The van der Waals surface area contributed by atoms with Gasteiger partial charge in [-0.1, -0.05) is 19.9 Å². The van der Waals surface area contributed by atoms with Crippen molar-refractivity contribution in [1.29, 1.82) is 0 Å². The first-order valence-corrected chi connectivity index (χ1v) is 11.7. The quantitative estimate of drug-likeness (QED) is 0.671. The number of nitrogens with one attached hydrogen (secondary N) is 1. The van der Waals surface area contributed by atoms with Crippen molar-refractivity contribution in [1.82, 2.24) is 9.29 Å². The third-order valence-corrected chi connectivity index (χ3v) is 7.90. The van der Waals surface area contributed by atoms with Gasteiger partial charge in [-0.3, -0.25) is 4.79 Å². The minimum absolute atomic E-state index is 0.0960. The highest BCUT2D eigenvalue weighted by Crippen LogP contribution is 2.33. The Morgan fingerprint density at radius 1 is 1.10 bits per heavy atom. The second-order valence-corrected chi connectivity index (χ2v) is 9.75. The van der Waals surface area contributed by atoms with E-state index in [1.807, 2.05) is 39.8 Å². The molecule has 1 aliphatic heterocycles. The SMILES string of the molecule is CCN(CC)S(=O)(=O)c1ccc2c(c1)CCN2C(=O)c1cc2c(C)cc(C)cc2[nH]1. The Hall–Kier alpha value is -2.64. The second-order valence-electron chi connectivity index (χ2n) is 7.81. The normalized spacial score (nSPS) is 14.0. The van der Waals surface area contributed by atoms with Crippen molar-refractivity contribution in [3.05, 3.63) is 58.8 Å². The molecule has 0 fully saturated rings. The molecular weight excluding hydrogens is 398 g/mol. The molecule has 0 unspecified atom stereocenters. The zero-order valence-electron chi connectivity index (χ0n) is 17.8. The van der Waals surface area contributed by atoms with Gasteiger partial charge in [0.05, 0.1) is 4.90 Å². The molecule has 158 valence electrons. The summed E-state index contributed by atoms with van der Waals surface area (Å²) in [6.07, 6.45) is 0.640. The summed E-state index contributed by atoms with van der Waals surface area (Å²) in [4.78, 5) is 18.5. The van der Waals surface area contributed by atoms with Crippen LogP contribution in [0.25, 0.3) is 10.9 Å². The number of hydrogen-bond acceptors (Lipinski definition) is 3. The highest BCUT2D eigenvalue weighted by molar-refractivity contribution is 7.89. The van der Waals surface area contributed by atoms with Crippen LogP contribution in [0.3, 0.4) is 0 Å². The Labute approximate surface area is 177 Å². The Morgan fingerprint density at radius 3 is 2.53 bits per heavy atom. The van der Waals surface area contributed by atoms with Crippen LogP contribution in [0.2, 0.25) is 0 Å². The Balaban J connectivity index is 1.67. The van der Waals surface area contributed by atoms with Gasteiger partial charge in [-0.05, 0) is 67.3 Å². The first-order valence-electron chi connectivity index (χ1n) is 10.3. The molecular formula is C23H27N3O3S. The molecule has 4 rings (SSSR count). The molecule has 6 nitrogen and oxygen atoms in total. The highest BCUT2D eigenvalue weighted by Gasteiger charge is 2.29. The average Bonchev–Trinajstić information content (AvgIpc) is 3.32. The lowest BCUT2D eigenvalue weighted by atomic mass is 10.1. The minimum Gasteiger partial charge on any atom is -0.350 e. The van der Waals surface area contributed by atoms with Crippen LogP contribution in [0.15, 0.2) is 41.3 Å². The molecule has 0 aliphatic carbocycles. The Morgan fingerprint density at radius 2 is 1.83 bits per heavy atom. The number of aromatic amines is 1. The van der Waals surface area contributed by atoms with E-state index < -0.39 is 10.0 Å². The van der Waals surface area contributed by atoms with Gasteiger partial charge in [-0.25, -0.2) is 8.42 Å². The van der Waals surface area contributed by atoms with Crippen molar-refractivity contribution < 1.29 is 13.2 Å². The summed E-state index contributed by atoms with van der Waals surface area (Å²) in [5, 5.41) is 1.05. The van der Waals surface area contributed by atoms with E-state index in [0.717, 1.165) is 33.3 Å². The molecule has 0 radical (unpaired) electrons. The molecule has 0 atom stereocenters. The van der Waals surface area contributed by atoms with E-state index in [9.17, 15) is 13.2 Å². The smallest absolute Gasteiger partial charge is 0.274 e. The number of carbonyl (C=O) groups excluding carboxylic acids is 1. The number of rotatable bonds is 5. The Bertz CT molecular complexity index is 1240. The zero-order chi connectivity index (χ0) is 21.6. The lowest BCUT2D eigenvalue weighted by Crippen LogP contribution is -2.31. The molecule has 1 aliphatic rings. The van der Waals surface area contributed by atoms with E-state index in [1.165, 1.54) is 4.31 Å². The minimum atomic E-state index is -3.52. The second kappa shape index (κ2) is 7.56. The molecule has 30 heavy (non-hydrogen) atoms. The fourth-order valence-electron chi connectivity index (χ4n) is 4.32. The number of amides is 1. The van der Waals surface area contributed by atoms with Gasteiger partial charge in [0.15, 0.2) is 0 Å². The predicted octanol–water partition coefficient (Wildman–Crippen LogP) is 4.02. The van der Waals surface area contributed by atoms with E-state index in [1.54, 1.807) is 23.1 Å². The molecule has 0 bridgehead atoms. The first kappa shape index (κ1) is 20.6. The molecule has 2 heterocycles. The number of H-pyrrole nitrogens is 1. The summed E-state index contributed by atoms with van der Waals surface area (Å²) in [5.41, 5.74) is 5.45. The standard InChI is InChI=1S/C23H27N3O3S/c1-5-25(6-2)30(28,29)18-7-8-22-17(13-18)9-10-26(22)23(27)21-14-19-16(4)11-15(3)12-20(19)24-21/h7-8,11-14,24H,5-6,9-10H2,1-4H3. The number of carbonyl (C=O) groups is 1. The topological polar surface area (TPSA) is 73.5 Å². The molecule has 0 saturated carbocycles. The average molecular weight is 426 g/mol. The van der Waals surface area contributed by atoms with Gasteiger partial charge in [0.25, 0.3) is 5.91 Å². The third kappa shape index (κ3) is 3.32. The number of aromatic nitrogens is 1. The highest BCUT2D eigenvalue weighted by atomic mass is 32.2. The van der Waals surface area contributed by atoms with Crippen LogP contribution in [0, 0.1) is 13.8 Å². The van der Waals surface area contributed by atoms with Crippen LogP contribution < -0.4 is 4.90 Å². The van der Waals surface area contributed by atoms with E-state index in [4.69, 9.17) is 0 Å². The fourth-order valence-corrected chi connectivity index (χ4v) is 5.83. The monoisotopic (exact) mass is 425 g/mol. The van der Waals surface area contributed by atoms with Gasteiger partial charge in [0, 0.05) is 36.2 Å². The van der Waals surface area contributed by atoms with Crippen LogP contribution in [0.4, 0.5) is 5.69 Å². The zero-order valence-corrected chi connectivity index (χ0v) is 18.6. The maximum atomic E-state index is 13.2. The van der Waals surface area contributed by atoms with Crippen molar-refractivity contribution in [2.45, 2.75) is 39.0 Å². The van der Waals surface area contributed by atoms with Crippen molar-refractivity contribution in [2.24, 2.45) is 0 Å². The van der Waals surface area contributed by atoms with Crippen molar-refractivity contribution >= 4 is 32.5 Å². The number of anilines is 1. The fraction of sp³-hybridized carbons (Fsp3) is 0.348. The predicted molar refractivity (Wildman–Crippen MR) is 120 cm³/mol. The molecule has 2 aromatic carbocycles. The molecule has 1 amide bonds. The number of aryl methyl sites for hydroxylation is 2. The molecule has 0 saturated heterocycles. The van der Waals surface area contributed by atoms with Crippen molar-refractivity contribution in [3.8, 4) is 0 Å². The lowest BCUT2D eigenvalue weighted by Gasteiger charge is -2.20. The summed E-state index contributed by atoms with van der Waals surface area (Å²) in [7, 11) is -3.52. The Kier molecular flexibility index (Phi) is 5.20. The molecule has 3 aromatic rings. The summed E-state index contributed by atoms with van der Waals surface area (Å²) in [5.74, 6) is -0.0960.